The highest BCUT2D eigenvalue weighted by Gasteiger charge is 2.45. The highest BCUT2D eigenvalue weighted by atomic mass is 16.3. The molecule has 3 aromatic heterocycles. The van der Waals surface area contributed by atoms with Crippen LogP contribution in [0.4, 0.5) is 5.82 Å². The third-order valence-corrected chi connectivity index (χ3v) is 7.81. The van der Waals surface area contributed by atoms with Crippen molar-refractivity contribution in [3.63, 3.8) is 0 Å². The van der Waals surface area contributed by atoms with Crippen molar-refractivity contribution in [2.75, 3.05) is 31.1 Å². The zero-order valence-electron chi connectivity index (χ0n) is 18.0. The van der Waals surface area contributed by atoms with Gasteiger partial charge in [-0.15, -0.1) is 0 Å². The molecular weight excluding hydrogens is 390 g/mol. The number of likely N-dealkylation sites (tertiary alicyclic amines) is 1. The van der Waals surface area contributed by atoms with Gasteiger partial charge in [-0.2, -0.15) is 5.10 Å². The Balaban J connectivity index is 1.26. The molecule has 3 aromatic rings. The van der Waals surface area contributed by atoms with E-state index in [1.54, 1.807) is 6.20 Å². The van der Waals surface area contributed by atoms with Crippen LogP contribution in [-0.4, -0.2) is 73.5 Å². The predicted octanol–water partition coefficient (Wildman–Crippen LogP) is 2.54. The molecule has 0 unspecified atom stereocenters. The van der Waals surface area contributed by atoms with Gasteiger partial charge in [0.25, 0.3) is 0 Å². The average Bonchev–Trinajstić information content (AvgIpc) is 3.39. The average molecular weight is 420 g/mol. The molecule has 162 valence electrons. The van der Waals surface area contributed by atoms with E-state index in [9.17, 15) is 5.11 Å². The van der Waals surface area contributed by atoms with Crippen LogP contribution in [0.15, 0.2) is 24.7 Å². The standard InChI is InChI=1S/C23H29N7O/c1-15-17(12-25-28-15)21-26-18-13-24-8-4-16(18)22(27-21)29-9-5-23(6-10-29)7-11-30(14-23)19-2-3-20(19)31/h4,8,12-13,19-20,31H,2-3,5-7,9-11,14H2,1H3,(H,25,28)/t19-,20+/m1/s1. The van der Waals surface area contributed by atoms with Gasteiger partial charge in [0.15, 0.2) is 5.82 Å². The lowest BCUT2D eigenvalue weighted by molar-refractivity contribution is -0.0164. The highest BCUT2D eigenvalue weighted by Crippen LogP contribution is 2.44. The Morgan fingerprint density at radius 1 is 1.10 bits per heavy atom. The van der Waals surface area contributed by atoms with Crippen LogP contribution in [0.2, 0.25) is 0 Å². The molecule has 3 fully saturated rings. The maximum Gasteiger partial charge on any atom is 0.165 e. The van der Waals surface area contributed by atoms with Crippen LogP contribution < -0.4 is 4.90 Å². The number of piperidine rings is 1. The molecule has 2 atom stereocenters. The maximum atomic E-state index is 10.1. The van der Waals surface area contributed by atoms with Crippen molar-refractivity contribution in [1.82, 2.24) is 30.0 Å². The van der Waals surface area contributed by atoms with Crippen molar-refractivity contribution < 1.29 is 5.11 Å². The van der Waals surface area contributed by atoms with E-state index < -0.39 is 0 Å². The second-order valence-electron chi connectivity index (χ2n) is 9.59. The first-order valence-corrected chi connectivity index (χ1v) is 11.4. The molecule has 1 spiro atoms. The minimum Gasteiger partial charge on any atom is -0.391 e. The Hall–Kier alpha value is -2.58. The Morgan fingerprint density at radius 2 is 1.94 bits per heavy atom. The summed E-state index contributed by atoms with van der Waals surface area (Å²) in [6, 6.07) is 2.42. The quantitative estimate of drug-likeness (QED) is 0.674. The number of H-pyrrole nitrogens is 1. The molecule has 1 aliphatic carbocycles. The van der Waals surface area contributed by atoms with Gasteiger partial charge in [-0.05, 0) is 57.1 Å². The third kappa shape index (κ3) is 3.20. The molecular formula is C23H29N7O. The van der Waals surface area contributed by atoms with Gasteiger partial charge in [0.05, 0.1) is 29.6 Å². The van der Waals surface area contributed by atoms with Gasteiger partial charge in [0, 0.05) is 43.0 Å². The van der Waals surface area contributed by atoms with E-state index >= 15 is 0 Å². The Labute approximate surface area is 181 Å². The van der Waals surface area contributed by atoms with Crippen molar-refractivity contribution >= 4 is 16.7 Å². The number of rotatable bonds is 3. The monoisotopic (exact) mass is 419 g/mol. The summed E-state index contributed by atoms with van der Waals surface area (Å²) in [5.41, 5.74) is 3.16. The zero-order valence-corrected chi connectivity index (χ0v) is 18.0. The molecule has 0 radical (unpaired) electrons. The van der Waals surface area contributed by atoms with Crippen LogP contribution >= 0.6 is 0 Å². The number of aliphatic hydroxyl groups is 1. The van der Waals surface area contributed by atoms with Crippen LogP contribution in [0.3, 0.4) is 0 Å². The minimum absolute atomic E-state index is 0.110. The molecule has 0 bridgehead atoms. The van der Waals surface area contributed by atoms with Crippen LogP contribution in [0.5, 0.6) is 0 Å². The Kier molecular flexibility index (Phi) is 4.47. The Morgan fingerprint density at radius 3 is 2.65 bits per heavy atom. The van der Waals surface area contributed by atoms with E-state index in [1.807, 2.05) is 25.4 Å². The van der Waals surface area contributed by atoms with Crippen LogP contribution in [-0.2, 0) is 0 Å². The normalized spacial score (nSPS) is 25.9. The smallest absolute Gasteiger partial charge is 0.165 e. The van der Waals surface area contributed by atoms with Crippen LogP contribution in [0.1, 0.15) is 37.8 Å². The lowest BCUT2D eigenvalue weighted by Crippen LogP contribution is -2.51. The fourth-order valence-corrected chi connectivity index (χ4v) is 5.65. The minimum atomic E-state index is -0.110. The second-order valence-corrected chi connectivity index (χ2v) is 9.59. The van der Waals surface area contributed by atoms with Crippen LogP contribution in [0, 0.1) is 12.3 Å². The van der Waals surface area contributed by atoms with Crippen molar-refractivity contribution in [3.8, 4) is 11.4 Å². The molecule has 5 heterocycles. The molecule has 8 nitrogen and oxygen atoms in total. The van der Waals surface area contributed by atoms with Gasteiger partial charge in [-0.25, -0.2) is 9.97 Å². The fraction of sp³-hybridized carbons (Fsp3) is 0.565. The van der Waals surface area contributed by atoms with Gasteiger partial charge in [-0.1, -0.05) is 0 Å². The van der Waals surface area contributed by atoms with Gasteiger partial charge in [0.2, 0.25) is 0 Å². The molecule has 2 aliphatic heterocycles. The van der Waals surface area contributed by atoms with E-state index in [0.717, 1.165) is 67.0 Å². The molecule has 0 amide bonds. The first-order chi connectivity index (χ1) is 15.1. The van der Waals surface area contributed by atoms with Crippen molar-refractivity contribution in [2.24, 2.45) is 5.41 Å². The largest absolute Gasteiger partial charge is 0.391 e. The lowest BCUT2D eigenvalue weighted by atomic mass is 9.77. The van der Waals surface area contributed by atoms with E-state index in [4.69, 9.17) is 9.97 Å². The number of nitrogens with one attached hydrogen (secondary N) is 1. The topological polar surface area (TPSA) is 94.1 Å². The van der Waals surface area contributed by atoms with E-state index in [-0.39, 0.29) is 6.10 Å². The summed E-state index contributed by atoms with van der Waals surface area (Å²) >= 11 is 0. The summed E-state index contributed by atoms with van der Waals surface area (Å²) < 4.78 is 0. The fourth-order valence-electron chi connectivity index (χ4n) is 5.65. The number of aliphatic hydroxyl groups excluding tert-OH is 1. The maximum absolute atomic E-state index is 10.1. The SMILES string of the molecule is Cc1[nH]ncc1-c1nc(N2CCC3(CC2)CCN([C@@H]2CC[C@@H]2O)C3)c2ccncc2n1. The lowest BCUT2D eigenvalue weighted by Gasteiger charge is -2.43. The van der Waals surface area contributed by atoms with Gasteiger partial charge in [-0.3, -0.25) is 15.0 Å². The van der Waals surface area contributed by atoms with E-state index in [2.05, 4.69) is 25.0 Å². The first-order valence-electron chi connectivity index (χ1n) is 11.4. The summed E-state index contributed by atoms with van der Waals surface area (Å²) in [5.74, 6) is 1.70. The summed E-state index contributed by atoms with van der Waals surface area (Å²) in [4.78, 5) is 19.0. The highest BCUT2D eigenvalue weighted by molar-refractivity contribution is 5.90. The molecule has 2 saturated heterocycles. The molecule has 1 saturated carbocycles. The number of nitrogens with zero attached hydrogens (tertiary/aromatic N) is 6. The number of aryl methyl sites for hydroxylation is 1. The van der Waals surface area contributed by atoms with Gasteiger partial charge >= 0.3 is 0 Å². The van der Waals surface area contributed by atoms with Crippen molar-refractivity contribution in [1.29, 1.82) is 0 Å². The summed E-state index contributed by atoms with van der Waals surface area (Å²) in [6.45, 7) is 6.26. The number of hydrogen-bond acceptors (Lipinski definition) is 7. The molecule has 0 aromatic carbocycles. The first kappa shape index (κ1) is 19.1. The summed E-state index contributed by atoms with van der Waals surface area (Å²) in [5, 5.41) is 18.3. The van der Waals surface area contributed by atoms with Crippen molar-refractivity contribution in [2.45, 2.75) is 51.2 Å². The summed E-state index contributed by atoms with van der Waals surface area (Å²) in [7, 11) is 0. The van der Waals surface area contributed by atoms with Gasteiger partial charge < -0.3 is 10.0 Å². The second kappa shape index (κ2) is 7.24. The molecule has 3 aliphatic rings. The molecule has 2 N–H and O–H groups in total. The van der Waals surface area contributed by atoms with E-state index in [0.29, 0.717) is 17.3 Å². The number of aromatic amines is 1. The number of fused-ring (bicyclic) bond motifs is 1. The van der Waals surface area contributed by atoms with E-state index in [1.165, 1.54) is 19.3 Å². The number of pyridine rings is 1. The third-order valence-electron chi connectivity index (χ3n) is 7.81. The Bertz CT molecular complexity index is 1100. The molecule has 8 heteroatoms. The molecule has 31 heavy (non-hydrogen) atoms. The number of hydrogen-bond donors (Lipinski definition) is 2. The van der Waals surface area contributed by atoms with Gasteiger partial charge in [0.1, 0.15) is 5.82 Å². The summed E-state index contributed by atoms with van der Waals surface area (Å²) in [6.07, 6.45) is 11.0. The van der Waals surface area contributed by atoms with Crippen molar-refractivity contribution in [3.05, 3.63) is 30.4 Å². The zero-order chi connectivity index (χ0) is 21.0. The predicted molar refractivity (Wildman–Crippen MR) is 119 cm³/mol. The van der Waals surface area contributed by atoms with Crippen LogP contribution in [0.25, 0.3) is 22.3 Å². The molecule has 6 rings (SSSR count). The number of anilines is 1. The number of aromatic nitrogens is 5.